The first-order valence-electron chi connectivity index (χ1n) is 11.9. The van der Waals surface area contributed by atoms with Gasteiger partial charge in [0.15, 0.2) is 0 Å². The normalized spacial score (nSPS) is 14.4. The summed E-state index contributed by atoms with van der Waals surface area (Å²) in [6.07, 6.45) is 3.51. The average molecular weight is 491 g/mol. The van der Waals surface area contributed by atoms with Crippen LogP contribution in [0.5, 0.6) is 0 Å². The first kappa shape index (κ1) is 24.8. The van der Waals surface area contributed by atoms with E-state index in [0.717, 1.165) is 48.7 Å². The molecule has 35 heavy (non-hydrogen) atoms. The Bertz CT molecular complexity index is 1180. The summed E-state index contributed by atoms with van der Waals surface area (Å²) < 4.78 is 0. The van der Waals surface area contributed by atoms with Crippen LogP contribution < -0.4 is 5.32 Å². The van der Waals surface area contributed by atoms with Crippen LogP contribution in [0, 0.1) is 11.3 Å². The van der Waals surface area contributed by atoms with E-state index in [-0.39, 0.29) is 12.0 Å². The lowest BCUT2D eigenvalue weighted by molar-refractivity contribution is 0.0772. The van der Waals surface area contributed by atoms with E-state index in [2.05, 4.69) is 38.4 Å². The highest BCUT2D eigenvalue weighted by atomic mass is 32.1. The van der Waals surface area contributed by atoms with Crippen LogP contribution in [-0.4, -0.2) is 63.1 Å². The molecule has 3 heterocycles. The number of carbonyl (C=O) groups excluding carboxylic acids is 1. The number of aliphatic hydroxyl groups is 1. The zero-order valence-electron chi connectivity index (χ0n) is 19.9. The van der Waals surface area contributed by atoms with Gasteiger partial charge in [0.25, 0.3) is 5.91 Å². The van der Waals surface area contributed by atoms with Crippen molar-refractivity contribution in [2.45, 2.75) is 38.8 Å². The van der Waals surface area contributed by atoms with Crippen molar-refractivity contribution in [3.8, 4) is 16.6 Å². The van der Waals surface area contributed by atoms with Gasteiger partial charge in [0, 0.05) is 44.6 Å². The lowest BCUT2D eigenvalue weighted by atomic mass is 10.1. The second-order valence-electron chi connectivity index (χ2n) is 8.56. The number of aromatic nitrogens is 2. The minimum atomic E-state index is -0.171. The van der Waals surface area contributed by atoms with Crippen LogP contribution >= 0.6 is 11.3 Å². The minimum Gasteiger partial charge on any atom is -0.393 e. The quantitative estimate of drug-likeness (QED) is 0.461. The van der Waals surface area contributed by atoms with E-state index < -0.39 is 0 Å². The fraction of sp³-hybridized carbons (Fsp3) is 0.385. The third kappa shape index (κ3) is 6.63. The number of nitriles is 1. The molecule has 0 unspecified atom stereocenters. The number of likely N-dealkylation sites (tertiary alicyclic amines) is 1. The van der Waals surface area contributed by atoms with E-state index in [4.69, 9.17) is 5.26 Å². The molecule has 0 bridgehead atoms. The van der Waals surface area contributed by atoms with Crippen molar-refractivity contribution in [3.63, 3.8) is 0 Å². The molecule has 3 aromatic rings. The maximum atomic E-state index is 12.8. The van der Waals surface area contributed by atoms with Gasteiger partial charge in [0.05, 0.1) is 34.0 Å². The Kier molecular flexibility index (Phi) is 8.42. The number of piperidine rings is 1. The van der Waals surface area contributed by atoms with Gasteiger partial charge in [-0.15, -0.1) is 11.3 Å². The summed E-state index contributed by atoms with van der Waals surface area (Å²) in [5, 5.41) is 21.8. The molecule has 9 heteroatoms. The molecule has 1 saturated heterocycles. The number of benzene rings is 1. The van der Waals surface area contributed by atoms with Crippen molar-refractivity contribution >= 4 is 28.9 Å². The lowest BCUT2D eigenvalue weighted by Gasteiger charge is -2.29. The van der Waals surface area contributed by atoms with Crippen LogP contribution in [0.4, 0.5) is 11.6 Å². The number of hydrogen-bond acceptors (Lipinski definition) is 8. The molecule has 0 spiro atoms. The van der Waals surface area contributed by atoms with Crippen LogP contribution in [0.15, 0.2) is 48.7 Å². The van der Waals surface area contributed by atoms with Gasteiger partial charge < -0.3 is 15.3 Å². The Hall–Kier alpha value is -3.32. The number of thiophene rings is 1. The van der Waals surface area contributed by atoms with Crippen molar-refractivity contribution in [2.75, 3.05) is 31.5 Å². The highest BCUT2D eigenvalue weighted by Gasteiger charge is 2.18. The largest absolute Gasteiger partial charge is 0.393 e. The van der Waals surface area contributed by atoms with Crippen LogP contribution in [0.25, 0.3) is 10.6 Å². The summed E-state index contributed by atoms with van der Waals surface area (Å²) in [6, 6.07) is 15.9. The third-order valence-corrected chi connectivity index (χ3v) is 7.13. The van der Waals surface area contributed by atoms with Crippen molar-refractivity contribution in [1.29, 1.82) is 5.26 Å². The smallest absolute Gasteiger partial charge is 0.263 e. The predicted molar refractivity (Wildman–Crippen MR) is 137 cm³/mol. The molecule has 0 atom stereocenters. The number of carbonyl (C=O) groups is 1. The zero-order chi connectivity index (χ0) is 24.6. The number of hydrogen-bond donors (Lipinski definition) is 2. The Morgan fingerprint density at radius 1 is 1.29 bits per heavy atom. The molecule has 2 N–H and O–H groups in total. The van der Waals surface area contributed by atoms with Crippen LogP contribution in [0.1, 0.15) is 41.4 Å². The average Bonchev–Trinajstić information content (AvgIpc) is 3.37. The van der Waals surface area contributed by atoms with Crippen LogP contribution in [0.3, 0.4) is 0 Å². The summed E-state index contributed by atoms with van der Waals surface area (Å²) in [6.45, 7) is 5.57. The molecule has 1 aromatic carbocycles. The number of amides is 1. The maximum absolute atomic E-state index is 12.8. The molecular weight excluding hydrogens is 460 g/mol. The number of anilines is 2. The van der Waals surface area contributed by atoms with E-state index in [1.807, 2.05) is 37.3 Å². The summed E-state index contributed by atoms with van der Waals surface area (Å²) >= 11 is 1.39. The molecule has 182 valence electrons. The van der Waals surface area contributed by atoms with Gasteiger partial charge in [-0.25, -0.2) is 9.97 Å². The second-order valence-corrected chi connectivity index (χ2v) is 9.64. The second kappa shape index (κ2) is 11.9. The SMILES string of the molecule is CCN(CCC#N)C(=O)c1ccc(-c2ccnc(Nc3cccc(CN4CCC(O)CC4)c3)n2)s1. The molecule has 0 saturated carbocycles. The van der Waals surface area contributed by atoms with Gasteiger partial charge in [0.1, 0.15) is 0 Å². The highest BCUT2D eigenvalue weighted by Crippen LogP contribution is 2.28. The van der Waals surface area contributed by atoms with Gasteiger partial charge in [-0.3, -0.25) is 9.69 Å². The van der Waals surface area contributed by atoms with Crippen molar-refractivity contribution in [3.05, 3.63) is 59.1 Å². The fourth-order valence-corrected chi connectivity index (χ4v) is 5.05. The monoisotopic (exact) mass is 490 g/mol. The Morgan fingerprint density at radius 3 is 2.89 bits per heavy atom. The first-order chi connectivity index (χ1) is 17.1. The van der Waals surface area contributed by atoms with Gasteiger partial charge in [-0.05, 0) is 55.7 Å². The van der Waals surface area contributed by atoms with E-state index in [9.17, 15) is 9.90 Å². The molecule has 0 aliphatic carbocycles. The number of nitrogens with one attached hydrogen (secondary N) is 1. The molecule has 2 aromatic heterocycles. The maximum Gasteiger partial charge on any atom is 0.263 e. The topological polar surface area (TPSA) is 105 Å². The first-order valence-corrected chi connectivity index (χ1v) is 12.7. The van der Waals surface area contributed by atoms with Gasteiger partial charge in [0.2, 0.25) is 5.95 Å². The van der Waals surface area contributed by atoms with Crippen LogP contribution in [-0.2, 0) is 6.54 Å². The molecule has 1 aliphatic heterocycles. The molecule has 8 nitrogen and oxygen atoms in total. The van der Waals surface area contributed by atoms with Crippen molar-refractivity contribution < 1.29 is 9.90 Å². The van der Waals surface area contributed by atoms with Crippen molar-refractivity contribution in [1.82, 2.24) is 19.8 Å². The Labute approximate surface area is 209 Å². The van der Waals surface area contributed by atoms with Gasteiger partial charge >= 0.3 is 0 Å². The molecule has 1 aliphatic rings. The molecule has 0 radical (unpaired) electrons. The molecule has 1 fully saturated rings. The standard InChI is InChI=1S/C26H30N6O2S/c1-2-32(14-4-12-27)25(34)24-8-7-23(35-24)22-9-13-28-26(30-22)29-20-6-3-5-19(17-20)18-31-15-10-21(33)11-16-31/h3,5-9,13,17,21,33H,2,4,10-11,14-16,18H2,1H3,(H,28,29,30). The van der Waals surface area contributed by atoms with E-state index in [0.29, 0.717) is 30.3 Å². The number of aliphatic hydroxyl groups excluding tert-OH is 1. The summed E-state index contributed by atoms with van der Waals surface area (Å²) in [5.41, 5.74) is 2.85. The third-order valence-electron chi connectivity index (χ3n) is 6.03. The summed E-state index contributed by atoms with van der Waals surface area (Å²) in [7, 11) is 0. The Morgan fingerprint density at radius 2 is 2.11 bits per heavy atom. The zero-order valence-corrected chi connectivity index (χ0v) is 20.7. The van der Waals surface area contributed by atoms with E-state index in [1.165, 1.54) is 16.9 Å². The van der Waals surface area contributed by atoms with E-state index >= 15 is 0 Å². The lowest BCUT2D eigenvalue weighted by Crippen LogP contribution is -2.35. The Balaban J connectivity index is 1.43. The number of nitrogens with zero attached hydrogens (tertiary/aromatic N) is 5. The summed E-state index contributed by atoms with van der Waals surface area (Å²) in [5.74, 6) is 0.428. The van der Waals surface area contributed by atoms with Crippen LogP contribution in [0.2, 0.25) is 0 Å². The van der Waals surface area contributed by atoms with Gasteiger partial charge in [-0.1, -0.05) is 12.1 Å². The number of rotatable bonds is 9. The predicted octanol–water partition coefficient (Wildman–Crippen LogP) is 4.28. The fourth-order valence-electron chi connectivity index (χ4n) is 4.10. The van der Waals surface area contributed by atoms with Crippen molar-refractivity contribution in [2.24, 2.45) is 0 Å². The van der Waals surface area contributed by atoms with Gasteiger partial charge in [-0.2, -0.15) is 5.26 Å². The summed E-state index contributed by atoms with van der Waals surface area (Å²) in [4.78, 5) is 27.4. The minimum absolute atomic E-state index is 0.0635. The van der Waals surface area contributed by atoms with E-state index in [1.54, 1.807) is 11.1 Å². The molecule has 1 amide bonds. The highest BCUT2D eigenvalue weighted by molar-refractivity contribution is 7.17. The molecular formula is C26H30N6O2S. The molecule has 4 rings (SSSR count).